The first kappa shape index (κ1) is 21.2. The van der Waals surface area contributed by atoms with Crippen LogP contribution in [0.4, 0.5) is 4.79 Å². The van der Waals surface area contributed by atoms with E-state index in [-0.39, 0.29) is 29.8 Å². The number of rotatable bonds is 4. The van der Waals surface area contributed by atoms with Crippen molar-refractivity contribution in [1.29, 1.82) is 0 Å². The van der Waals surface area contributed by atoms with Gasteiger partial charge in [0.25, 0.3) is 0 Å². The number of hydrogen-bond acceptors (Lipinski definition) is 5. The smallest absolute Gasteiger partial charge is 0.410 e. The van der Waals surface area contributed by atoms with Gasteiger partial charge in [-0.1, -0.05) is 18.2 Å². The third-order valence-electron chi connectivity index (χ3n) is 6.74. The van der Waals surface area contributed by atoms with Gasteiger partial charge in [0.1, 0.15) is 11.4 Å². The van der Waals surface area contributed by atoms with Gasteiger partial charge >= 0.3 is 6.09 Å². The summed E-state index contributed by atoms with van der Waals surface area (Å²) in [7, 11) is 0. The molecule has 3 aliphatic rings. The Morgan fingerprint density at radius 3 is 2.31 bits per heavy atom. The van der Waals surface area contributed by atoms with E-state index in [4.69, 9.17) is 14.7 Å². The molecule has 1 aromatic carbocycles. The Bertz CT molecular complexity index is 1070. The molecule has 3 atom stereocenters. The topological polar surface area (TPSA) is 84.4 Å². The molecule has 1 aliphatic heterocycles. The van der Waals surface area contributed by atoms with Crippen molar-refractivity contribution < 1.29 is 14.3 Å². The van der Waals surface area contributed by atoms with E-state index >= 15 is 0 Å². The molecule has 170 valence electrons. The molecule has 0 bridgehead atoms. The molecule has 3 fully saturated rings. The van der Waals surface area contributed by atoms with E-state index in [1.807, 2.05) is 58.9 Å². The third kappa shape index (κ3) is 3.93. The van der Waals surface area contributed by atoms with Gasteiger partial charge in [0.15, 0.2) is 0 Å². The van der Waals surface area contributed by atoms with Crippen LogP contribution in [0.2, 0.25) is 0 Å². The van der Waals surface area contributed by atoms with Crippen molar-refractivity contribution in [3.05, 3.63) is 35.8 Å². The predicted octanol–water partition coefficient (Wildman–Crippen LogP) is 3.97. The molecule has 2 amide bonds. The Morgan fingerprint density at radius 1 is 1.03 bits per heavy atom. The largest absolute Gasteiger partial charge is 0.444 e. The van der Waals surface area contributed by atoms with Crippen LogP contribution in [0.1, 0.15) is 64.9 Å². The lowest BCUT2D eigenvalue weighted by molar-refractivity contribution is -0.125. The molecule has 1 aromatic heterocycles. The maximum Gasteiger partial charge on any atom is 0.410 e. The van der Waals surface area contributed by atoms with Crippen LogP contribution < -0.4 is 5.32 Å². The average Bonchev–Trinajstić information content (AvgIpc) is 3.62. The highest BCUT2D eigenvalue weighted by atomic mass is 16.6. The van der Waals surface area contributed by atoms with E-state index in [2.05, 4.69) is 5.32 Å². The monoisotopic (exact) mass is 436 g/mol. The van der Waals surface area contributed by atoms with Crippen LogP contribution in [0.5, 0.6) is 0 Å². The molecule has 1 unspecified atom stereocenters. The van der Waals surface area contributed by atoms with Gasteiger partial charge in [0.2, 0.25) is 5.91 Å². The van der Waals surface area contributed by atoms with Crippen molar-refractivity contribution in [2.75, 3.05) is 13.1 Å². The molecule has 2 aromatic rings. The fourth-order valence-corrected chi connectivity index (χ4v) is 4.94. The number of hydrogen-bond donors (Lipinski definition) is 1. The molecule has 2 heterocycles. The SMILES string of the molecule is CC(C)(C)OC(=O)N1C[C@@H]2C(C(=O)NC(C)(C)c3nc(C4CC4)nc4ccccc34)[C@@H]2C1. The van der Waals surface area contributed by atoms with E-state index in [0.29, 0.717) is 19.0 Å². The van der Waals surface area contributed by atoms with E-state index in [9.17, 15) is 9.59 Å². The number of aromatic nitrogens is 2. The highest BCUT2D eigenvalue weighted by Gasteiger charge is 2.61. The van der Waals surface area contributed by atoms with Crippen molar-refractivity contribution in [3.63, 3.8) is 0 Å². The van der Waals surface area contributed by atoms with Crippen molar-refractivity contribution >= 4 is 22.9 Å². The quantitative estimate of drug-likeness (QED) is 0.784. The van der Waals surface area contributed by atoms with Crippen molar-refractivity contribution in [2.45, 2.75) is 64.5 Å². The van der Waals surface area contributed by atoms with Gasteiger partial charge in [0, 0.05) is 30.3 Å². The van der Waals surface area contributed by atoms with Crippen LogP contribution in [0.3, 0.4) is 0 Å². The Hall–Kier alpha value is -2.70. The van der Waals surface area contributed by atoms with Crippen LogP contribution in [0.15, 0.2) is 24.3 Å². The molecule has 5 rings (SSSR count). The summed E-state index contributed by atoms with van der Waals surface area (Å²) < 4.78 is 5.47. The average molecular weight is 437 g/mol. The Labute approximate surface area is 188 Å². The fourth-order valence-electron chi connectivity index (χ4n) is 4.94. The lowest BCUT2D eigenvalue weighted by Gasteiger charge is -2.29. The standard InChI is InChI=1S/C25H32N4O3/c1-24(2,3)32-23(31)29-12-16-17(13-29)19(16)22(30)28-25(4,5)20-15-8-6-7-9-18(15)26-21(27-20)14-10-11-14/h6-9,14,16-17,19H,10-13H2,1-5H3,(H,28,30)/t16-,17+,19?. The summed E-state index contributed by atoms with van der Waals surface area (Å²) >= 11 is 0. The zero-order chi connectivity index (χ0) is 22.8. The number of nitrogens with one attached hydrogen (secondary N) is 1. The number of para-hydroxylation sites is 1. The number of ether oxygens (including phenoxy) is 1. The number of nitrogens with zero attached hydrogens (tertiary/aromatic N) is 3. The first-order valence-electron chi connectivity index (χ1n) is 11.6. The number of amides is 2. The Kier molecular flexibility index (Phi) is 4.73. The highest BCUT2D eigenvalue weighted by molar-refractivity contribution is 5.86. The molecule has 2 saturated carbocycles. The summed E-state index contributed by atoms with van der Waals surface area (Å²) in [6.45, 7) is 10.8. The maximum atomic E-state index is 13.2. The first-order valence-corrected chi connectivity index (χ1v) is 11.6. The van der Waals surface area contributed by atoms with E-state index in [0.717, 1.165) is 35.3 Å². The second kappa shape index (κ2) is 7.15. The highest BCUT2D eigenvalue weighted by Crippen LogP contribution is 2.52. The molecule has 7 heteroatoms. The predicted molar refractivity (Wildman–Crippen MR) is 121 cm³/mol. The summed E-state index contributed by atoms with van der Waals surface area (Å²) in [6, 6.07) is 8.02. The van der Waals surface area contributed by atoms with Gasteiger partial charge in [-0.3, -0.25) is 4.79 Å². The van der Waals surface area contributed by atoms with Crippen LogP contribution in [0.25, 0.3) is 10.9 Å². The van der Waals surface area contributed by atoms with Gasteiger partial charge in [0.05, 0.1) is 16.7 Å². The van der Waals surface area contributed by atoms with Gasteiger partial charge in [-0.2, -0.15) is 0 Å². The van der Waals surface area contributed by atoms with Gasteiger partial charge in [-0.05, 0) is 65.4 Å². The second-order valence-electron chi connectivity index (χ2n) is 11.1. The third-order valence-corrected chi connectivity index (χ3v) is 6.74. The number of carbonyl (C=O) groups excluding carboxylic acids is 2. The molecule has 7 nitrogen and oxygen atoms in total. The number of piperidine rings is 1. The number of benzene rings is 1. The molecular weight excluding hydrogens is 404 g/mol. The van der Waals surface area contributed by atoms with Crippen molar-refractivity contribution in [3.8, 4) is 0 Å². The van der Waals surface area contributed by atoms with Crippen molar-refractivity contribution in [2.24, 2.45) is 17.8 Å². The summed E-state index contributed by atoms with van der Waals surface area (Å²) in [4.78, 5) is 36.9. The number of fused-ring (bicyclic) bond motifs is 2. The zero-order valence-corrected chi connectivity index (χ0v) is 19.5. The van der Waals surface area contributed by atoms with Crippen LogP contribution in [-0.4, -0.2) is 45.6 Å². The van der Waals surface area contributed by atoms with E-state index in [1.165, 1.54) is 0 Å². The van der Waals surface area contributed by atoms with Crippen LogP contribution >= 0.6 is 0 Å². The normalized spacial score (nSPS) is 24.9. The minimum atomic E-state index is -0.620. The molecule has 1 N–H and O–H groups in total. The summed E-state index contributed by atoms with van der Waals surface area (Å²) in [5.41, 5.74) is 0.674. The number of likely N-dealkylation sites (tertiary alicyclic amines) is 1. The maximum absolute atomic E-state index is 13.2. The Balaban J connectivity index is 1.29. The first-order chi connectivity index (χ1) is 15.0. The molecule has 2 aliphatic carbocycles. The van der Waals surface area contributed by atoms with E-state index < -0.39 is 11.1 Å². The lowest BCUT2D eigenvalue weighted by atomic mass is 9.95. The summed E-state index contributed by atoms with van der Waals surface area (Å²) in [5, 5.41) is 4.24. The van der Waals surface area contributed by atoms with Crippen LogP contribution in [0, 0.1) is 17.8 Å². The lowest BCUT2D eigenvalue weighted by Crippen LogP contribution is -2.44. The summed E-state index contributed by atoms with van der Waals surface area (Å²) in [5.74, 6) is 1.74. The minimum Gasteiger partial charge on any atom is -0.444 e. The van der Waals surface area contributed by atoms with Gasteiger partial charge in [-0.15, -0.1) is 0 Å². The van der Waals surface area contributed by atoms with Gasteiger partial charge < -0.3 is 15.0 Å². The zero-order valence-electron chi connectivity index (χ0n) is 19.5. The molecule has 0 spiro atoms. The number of carbonyl (C=O) groups is 2. The van der Waals surface area contributed by atoms with Crippen molar-refractivity contribution in [1.82, 2.24) is 20.2 Å². The molecule has 1 saturated heterocycles. The molecule has 0 radical (unpaired) electrons. The van der Waals surface area contributed by atoms with Gasteiger partial charge in [-0.25, -0.2) is 14.8 Å². The minimum absolute atomic E-state index is 0.0458. The fraction of sp³-hybridized carbons (Fsp3) is 0.600. The molecular formula is C25H32N4O3. The Morgan fingerprint density at radius 2 is 1.69 bits per heavy atom. The molecule has 32 heavy (non-hydrogen) atoms. The summed E-state index contributed by atoms with van der Waals surface area (Å²) in [6.07, 6.45) is 1.97. The van der Waals surface area contributed by atoms with E-state index in [1.54, 1.807) is 4.90 Å². The second-order valence-corrected chi connectivity index (χ2v) is 11.1. The van der Waals surface area contributed by atoms with Crippen LogP contribution in [-0.2, 0) is 15.1 Å².